The van der Waals surface area contributed by atoms with Gasteiger partial charge in [-0.2, -0.15) is 0 Å². The summed E-state index contributed by atoms with van der Waals surface area (Å²) in [6.45, 7) is 2.16. The number of rotatable bonds is 3. The third kappa shape index (κ3) is 1.97. The molecule has 1 aliphatic carbocycles. The maximum Gasteiger partial charge on any atom is 0.125 e. The molecule has 0 bridgehead atoms. The second-order valence-corrected chi connectivity index (χ2v) is 5.03. The molecule has 2 heterocycles. The Labute approximate surface area is 107 Å². The molecule has 2 unspecified atom stereocenters. The van der Waals surface area contributed by atoms with Gasteiger partial charge in [-0.1, -0.05) is 0 Å². The fourth-order valence-corrected chi connectivity index (χ4v) is 2.83. The zero-order chi connectivity index (χ0) is 12.5. The van der Waals surface area contributed by atoms with Gasteiger partial charge in [0.25, 0.3) is 0 Å². The molecule has 0 saturated carbocycles. The summed E-state index contributed by atoms with van der Waals surface area (Å²) < 4.78 is 7.59. The summed E-state index contributed by atoms with van der Waals surface area (Å²) in [6, 6.07) is 2.73. The summed E-state index contributed by atoms with van der Waals surface area (Å²) in [6.07, 6.45) is 9.05. The highest BCUT2D eigenvalue weighted by Crippen LogP contribution is 2.32. The molecule has 0 amide bonds. The van der Waals surface area contributed by atoms with Crippen LogP contribution in [0.15, 0.2) is 29.1 Å². The Kier molecular flexibility index (Phi) is 2.96. The Balaban J connectivity index is 1.77. The number of hydrogen-bond acceptors (Lipinski definition) is 3. The van der Waals surface area contributed by atoms with Crippen LogP contribution in [0.3, 0.4) is 0 Å². The Morgan fingerprint density at radius 2 is 2.44 bits per heavy atom. The van der Waals surface area contributed by atoms with Crippen LogP contribution in [0.2, 0.25) is 0 Å². The number of nitrogens with zero attached hydrogens (tertiary/aromatic N) is 2. The van der Waals surface area contributed by atoms with Crippen LogP contribution in [-0.4, -0.2) is 9.55 Å². The molecule has 0 fully saturated rings. The van der Waals surface area contributed by atoms with Crippen LogP contribution in [-0.2, 0) is 13.5 Å². The fraction of sp³-hybridized carbons (Fsp3) is 0.500. The molecular formula is C14H19N3O. The molecule has 18 heavy (non-hydrogen) atoms. The van der Waals surface area contributed by atoms with E-state index in [4.69, 9.17) is 4.42 Å². The van der Waals surface area contributed by atoms with Gasteiger partial charge in [0.2, 0.25) is 0 Å². The van der Waals surface area contributed by atoms with E-state index in [1.807, 2.05) is 19.4 Å². The third-order valence-electron chi connectivity index (χ3n) is 3.75. The molecule has 0 aliphatic heterocycles. The number of hydrogen-bond donors (Lipinski definition) is 1. The van der Waals surface area contributed by atoms with Crippen LogP contribution in [0.5, 0.6) is 0 Å². The van der Waals surface area contributed by atoms with E-state index in [2.05, 4.69) is 27.9 Å². The lowest BCUT2D eigenvalue weighted by molar-refractivity contribution is 0.376. The zero-order valence-electron chi connectivity index (χ0n) is 10.9. The Morgan fingerprint density at radius 3 is 3.22 bits per heavy atom. The molecule has 0 saturated heterocycles. The first kappa shape index (κ1) is 11.5. The molecule has 0 radical (unpaired) electrons. The maximum absolute atomic E-state index is 5.52. The predicted octanol–water partition coefficient (Wildman–Crippen LogP) is 2.74. The van der Waals surface area contributed by atoms with Gasteiger partial charge in [-0.3, -0.25) is 0 Å². The highest BCUT2D eigenvalue weighted by Gasteiger charge is 2.24. The number of furan rings is 1. The Hall–Kier alpha value is -1.55. The Bertz CT molecular complexity index is 529. The lowest BCUT2D eigenvalue weighted by Crippen LogP contribution is -2.28. The van der Waals surface area contributed by atoms with Crippen LogP contribution in [0.1, 0.15) is 49.0 Å². The third-order valence-corrected chi connectivity index (χ3v) is 3.75. The van der Waals surface area contributed by atoms with Gasteiger partial charge in [0.05, 0.1) is 12.3 Å². The largest absolute Gasteiger partial charge is 0.469 e. The van der Waals surface area contributed by atoms with Crippen LogP contribution in [0, 0.1) is 0 Å². The van der Waals surface area contributed by atoms with Crippen molar-refractivity contribution in [2.75, 3.05) is 0 Å². The minimum atomic E-state index is 0.246. The van der Waals surface area contributed by atoms with E-state index < -0.39 is 0 Å². The van der Waals surface area contributed by atoms with Gasteiger partial charge in [-0.05, 0) is 25.8 Å². The van der Waals surface area contributed by atoms with E-state index in [0.29, 0.717) is 6.04 Å². The van der Waals surface area contributed by atoms with Gasteiger partial charge in [-0.25, -0.2) is 4.98 Å². The standard InChI is InChI=1S/C14H19N3O/c1-10(14-15-7-8-17(14)2)16-12-4-3-5-13-11(12)6-9-18-13/h6-10,12,16H,3-5H2,1-2H3. The van der Waals surface area contributed by atoms with Crippen molar-refractivity contribution >= 4 is 0 Å². The topological polar surface area (TPSA) is 43.0 Å². The minimum Gasteiger partial charge on any atom is -0.469 e. The van der Waals surface area contributed by atoms with Gasteiger partial charge in [-0.15, -0.1) is 0 Å². The number of nitrogens with one attached hydrogen (secondary N) is 1. The summed E-state index contributed by atoms with van der Waals surface area (Å²) in [5.41, 5.74) is 1.32. The first-order chi connectivity index (χ1) is 8.75. The van der Waals surface area contributed by atoms with Crippen molar-refractivity contribution in [2.24, 2.45) is 7.05 Å². The molecule has 2 aromatic rings. The van der Waals surface area contributed by atoms with Crippen molar-refractivity contribution in [1.29, 1.82) is 0 Å². The van der Waals surface area contributed by atoms with E-state index in [1.165, 1.54) is 18.4 Å². The molecule has 0 spiro atoms. The van der Waals surface area contributed by atoms with E-state index in [9.17, 15) is 0 Å². The first-order valence-electron chi connectivity index (χ1n) is 6.55. The van der Waals surface area contributed by atoms with Gasteiger partial charge < -0.3 is 14.3 Å². The molecule has 4 nitrogen and oxygen atoms in total. The van der Waals surface area contributed by atoms with Crippen LogP contribution in [0.25, 0.3) is 0 Å². The molecule has 2 aromatic heterocycles. The molecule has 4 heteroatoms. The molecule has 1 N–H and O–H groups in total. The van der Waals surface area contributed by atoms with Gasteiger partial charge in [0.1, 0.15) is 11.6 Å². The summed E-state index contributed by atoms with van der Waals surface area (Å²) >= 11 is 0. The minimum absolute atomic E-state index is 0.246. The molecule has 2 atom stereocenters. The SMILES string of the molecule is CC(NC1CCCc2occc21)c1nccn1C. The fourth-order valence-electron chi connectivity index (χ4n) is 2.83. The van der Waals surface area contributed by atoms with Crippen LogP contribution in [0.4, 0.5) is 0 Å². The second-order valence-electron chi connectivity index (χ2n) is 5.03. The maximum atomic E-state index is 5.52. The number of imidazole rings is 1. The first-order valence-corrected chi connectivity index (χ1v) is 6.55. The number of fused-ring (bicyclic) bond motifs is 1. The van der Waals surface area contributed by atoms with Crippen molar-refractivity contribution in [3.8, 4) is 0 Å². The summed E-state index contributed by atoms with van der Waals surface area (Å²) in [5, 5.41) is 3.66. The average molecular weight is 245 g/mol. The van der Waals surface area contributed by atoms with Crippen molar-refractivity contribution in [3.63, 3.8) is 0 Å². The summed E-state index contributed by atoms with van der Waals surface area (Å²) in [4.78, 5) is 4.40. The van der Waals surface area contributed by atoms with Gasteiger partial charge >= 0.3 is 0 Å². The summed E-state index contributed by atoms with van der Waals surface area (Å²) in [7, 11) is 2.03. The Morgan fingerprint density at radius 1 is 1.56 bits per heavy atom. The van der Waals surface area contributed by atoms with E-state index in [1.54, 1.807) is 6.26 Å². The van der Waals surface area contributed by atoms with Crippen LogP contribution < -0.4 is 5.32 Å². The summed E-state index contributed by atoms with van der Waals surface area (Å²) in [5.74, 6) is 2.22. The predicted molar refractivity (Wildman–Crippen MR) is 69.1 cm³/mol. The molecule has 96 valence electrons. The molecule has 0 aromatic carbocycles. The van der Waals surface area contributed by atoms with Crippen molar-refractivity contribution in [3.05, 3.63) is 41.9 Å². The number of aromatic nitrogens is 2. The highest BCUT2D eigenvalue weighted by molar-refractivity contribution is 5.24. The normalized spacial score (nSPS) is 20.7. The van der Waals surface area contributed by atoms with Gasteiger partial charge in [0.15, 0.2) is 0 Å². The average Bonchev–Trinajstić information content (AvgIpc) is 2.97. The monoisotopic (exact) mass is 245 g/mol. The van der Waals surface area contributed by atoms with Crippen LogP contribution >= 0.6 is 0 Å². The molecule has 3 rings (SSSR count). The number of aryl methyl sites for hydroxylation is 2. The van der Waals surface area contributed by atoms with Crippen molar-refractivity contribution in [1.82, 2.24) is 14.9 Å². The van der Waals surface area contributed by atoms with Crippen molar-refractivity contribution < 1.29 is 4.42 Å². The van der Waals surface area contributed by atoms with Crippen molar-refractivity contribution in [2.45, 2.75) is 38.3 Å². The lowest BCUT2D eigenvalue weighted by Gasteiger charge is -2.26. The highest BCUT2D eigenvalue weighted by atomic mass is 16.3. The van der Waals surface area contributed by atoms with E-state index in [-0.39, 0.29) is 6.04 Å². The molecular weight excluding hydrogens is 226 g/mol. The lowest BCUT2D eigenvalue weighted by atomic mass is 9.93. The zero-order valence-corrected chi connectivity index (χ0v) is 10.9. The quantitative estimate of drug-likeness (QED) is 0.904. The van der Waals surface area contributed by atoms with E-state index in [0.717, 1.165) is 18.0 Å². The van der Waals surface area contributed by atoms with E-state index >= 15 is 0 Å². The smallest absolute Gasteiger partial charge is 0.125 e. The molecule has 1 aliphatic rings. The second kappa shape index (κ2) is 4.61. The van der Waals surface area contributed by atoms with Gasteiger partial charge in [0, 0.05) is 37.5 Å².